The maximum atomic E-state index is 13.1. The first kappa shape index (κ1) is 17.9. The van der Waals surface area contributed by atoms with E-state index >= 15 is 0 Å². The molecule has 3 heterocycles. The van der Waals surface area contributed by atoms with Crippen LogP contribution in [0.4, 0.5) is 0 Å². The predicted molar refractivity (Wildman–Crippen MR) is 103 cm³/mol. The Bertz CT molecular complexity index is 799. The van der Waals surface area contributed by atoms with Crippen LogP contribution in [0.1, 0.15) is 35.8 Å². The number of carbonyl (C=O) groups is 1. The Hall–Kier alpha value is -1.49. The van der Waals surface area contributed by atoms with E-state index in [1.807, 2.05) is 17.0 Å². The van der Waals surface area contributed by atoms with Gasteiger partial charge >= 0.3 is 0 Å². The fourth-order valence-corrected chi connectivity index (χ4v) is 4.35. The third kappa shape index (κ3) is 3.64. The minimum atomic E-state index is 0.0610. The van der Waals surface area contributed by atoms with Crippen molar-refractivity contribution in [3.05, 3.63) is 57.5 Å². The van der Waals surface area contributed by atoms with Crippen LogP contribution in [0.15, 0.2) is 34.9 Å². The highest BCUT2D eigenvalue weighted by Crippen LogP contribution is 2.33. The molecule has 1 saturated heterocycles. The fraction of sp³-hybridized carbons (Fsp3) is 0.450. The van der Waals surface area contributed by atoms with E-state index in [4.69, 9.17) is 27.6 Å². The maximum absolute atomic E-state index is 13.1. The van der Waals surface area contributed by atoms with E-state index in [9.17, 15) is 4.79 Å². The Labute approximate surface area is 163 Å². The summed E-state index contributed by atoms with van der Waals surface area (Å²) in [5.74, 6) is 1.15. The summed E-state index contributed by atoms with van der Waals surface area (Å²) in [6.45, 7) is 3.79. The first-order valence-corrected chi connectivity index (χ1v) is 9.89. The number of hydrogen-bond acceptors (Lipinski definition) is 3. The summed E-state index contributed by atoms with van der Waals surface area (Å²) in [4.78, 5) is 17.5. The van der Waals surface area contributed by atoms with Gasteiger partial charge in [0, 0.05) is 25.1 Å². The summed E-state index contributed by atoms with van der Waals surface area (Å²) in [6, 6.07) is 7.48. The lowest BCUT2D eigenvalue weighted by Crippen LogP contribution is -2.45. The first-order valence-electron chi connectivity index (χ1n) is 9.14. The van der Waals surface area contributed by atoms with Crippen LogP contribution in [0.5, 0.6) is 0 Å². The molecule has 1 aromatic heterocycles. The largest absolute Gasteiger partial charge is 0.469 e. The van der Waals surface area contributed by atoms with Crippen molar-refractivity contribution < 1.29 is 9.21 Å². The van der Waals surface area contributed by atoms with Gasteiger partial charge in [0.1, 0.15) is 5.76 Å². The van der Waals surface area contributed by atoms with Crippen LogP contribution in [0.2, 0.25) is 10.0 Å². The van der Waals surface area contributed by atoms with Gasteiger partial charge in [0.2, 0.25) is 5.91 Å². The summed E-state index contributed by atoms with van der Waals surface area (Å²) >= 11 is 12.1. The SMILES string of the molecule is O=C(Cc1ccc(Cl)c(Cl)c1)N1CCc2occc2[C@@H]1CN1CCCC1. The molecule has 2 aliphatic rings. The third-order valence-electron chi connectivity index (χ3n) is 5.38. The van der Waals surface area contributed by atoms with Crippen molar-refractivity contribution in [1.29, 1.82) is 0 Å². The second-order valence-electron chi connectivity index (χ2n) is 7.09. The van der Waals surface area contributed by atoms with Gasteiger partial charge in [-0.3, -0.25) is 4.79 Å². The highest BCUT2D eigenvalue weighted by atomic mass is 35.5. The van der Waals surface area contributed by atoms with Crippen molar-refractivity contribution >= 4 is 29.1 Å². The summed E-state index contributed by atoms with van der Waals surface area (Å²) in [7, 11) is 0. The number of amides is 1. The fourth-order valence-electron chi connectivity index (χ4n) is 4.03. The molecule has 2 aliphatic heterocycles. The minimum absolute atomic E-state index is 0.0610. The molecular weight excluding hydrogens is 371 g/mol. The van der Waals surface area contributed by atoms with Gasteiger partial charge in [-0.25, -0.2) is 0 Å². The predicted octanol–water partition coefficient (Wildman–Crippen LogP) is 4.35. The van der Waals surface area contributed by atoms with Crippen LogP contribution >= 0.6 is 23.2 Å². The molecule has 0 radical (unpaired) electrons. The molecular formula is C20H22Cl2N2O2. The van der Waals surface area contributed by atoms with E-state index in [0.717, 1.165) is 42.9 Å². The van der Waals surface area contributed by atoms with Crippen molar-refractivity contribution in [2.45, 2.75) is 31.7 Å². The number of carbonyl (C=O) groups excluding carboxylic acids is 1. The second kappa shape index (κ2) is 7.63. The van der Waals surface area contributed by atoms with E-state index in [0.29, 0.717) is 23.0 Å². The zero-order valence-electron chi connectivity index (χ0n) is 14.6. The van der Waals surface area contributed by atoms with Gasteiger partial charge in [-0.15, -0.1) is 0 Å². The van der Waals surface area contributed by atoms with Gasteiger partial charge in [-0.2, -0.15) is 0 Å². The van der Waals surface area contributed by atoms with Gasteiger partial charge in [-0.05, 0) is 49.7 Å². The molecule has 1 atom stereocenters. The molecule has 0 spiro atoms. The van der Waals surface area contributed by atoms with Crippen LogP contribution in [-0.2, 0) is 17.6 Å². The molecule has 4 nitrogen and oxygen atoms in total. The van der Waals surface area contributed by atoms with Gasteiger partial charge in [0.05, 0.1) is 28.8 Å². The highest BCUT2D eigenvalue weighted by molar-refractivity contribution is 6.42. The number of rotatable bonds is 4. The molecule has 1 aromatic carbocycles. The lowest BCUT2D eigenvalue weighted by molar-refractivity contribution is -0.133. The Morgan fingerprint density at radius 2 is 1.92 bits per heavy atom. The van der Waals surface area contributed by atoms with Crippen LogP contribution in [0, 0.1) is 0 Å². The Kier molecular flexibility index (Phi) is 5.25. The summed E-state index contributed by atoms with van der Waals surface area (Å²) < 4.78 is 5.64. The van der Waals surface area contributed by atoms with Crippen molar-refractivity contribution in [2.75, 3.05) is 26.2 Å². The van der Waals surface area contributed by atoms with Gasteiger partial charge in [0.25, 0.3) is 0 Å². The zero-order chi connectivity index (χ0) is 18.1. The molecule has 2 aromatic rings. The molecule has 0 N–H and O–H groups in total. The summed E-state index contributed by atoms with van der Waals surface area (Å²) in [6.07, 6.45) is 5.32. The molecule has 0 aliphatic carbocycles. The van der Waals surface area contributed by atoms with Gasteiger partial charge < -0.3 is 14.2 Å². The Balaban J connectivity index is 1.54. The van der Waals surface area contributed by atoms with Crippen molar-refractivity contribution in [2.24, 2.45) is 0 Å². The molecule has 6 heteroatoms. The average molecular weight is 393 g/mol. The molecule has 0 saturated carbocycles. The standard InChI is InChI=1S/C20H22Cl2N2O2/c21-16-4-3-14(11-17(16)22)12-20(25)24-9-5-19-15(6-10-26-19)18(24)13-23-7-1-2-8-23/h3-4,6,10-11,18H,1-2,5,7-9,12-13H2/t18-/m0/s1. The van der Waals surface area contributed by atoms with E-state index in [1.54, 1.807) is 18.4 Å². The first-order chi connectivity index (χ1) is 12.6. The number of hydrogen-bond donors (Lipinski definition) is 0. The molecule has 1 fully saturated rings. The normalized spacial score (nSPS) is 20.4. The molecule has 138 valence electrons. The van der Waals surface area contributed by atoms with E-state index in [2.05, 4.69) is 4.90 Å². The molecule has 4 rings (SSSR count). The number of furan rings is 1. The van der Waals surface area contributed by atoms with Crippen LogP contribution in [0.3, 0.4) is 0 Å². The quantitative estimate of drug-likeness (QED) is 0.775. The van der Waals surface area contributed by atoms with Crippen molar-refractivity contribution in [1.82, 2.24) is 9.80 Å². The van der Waals surface area contributed by atoms with Crippen molar-refractivity contribution in [3.8, 4) is 0 Å². The number of likely N-dealkylation sites (tertiary alicyclic amines) is 1. The summed E-state index contributed by atoms with van der Waals surface area (Å²) in [5.41, 5.74) is 2.05. The smallest absolute Gasteiger partial charge is 0.227 e. The third-order valence-corrected chi connectivity index (χ3v) is 6.12. The van der Waals surface area contributed by atoms with E-state index in [1.165, 1.54) is 12.8 Å². The van der Waals surface area contributed by atoms with Gasteiger partial charge in [-0.1, -0.05) is 29.3 Å². The number of nitrogens with zero attached hydrogens (tertiary/aromatic N) is 2. The zero-order valence-corrected chi connectivity index (χ0v) is 16.1. The average Bonchev–Trinajstić information content (AvgIpc) is 3.29. The number of fused-ring (bicyclic) bond motifs is 1. The Morgan fingerprint density at radius 3 is 2.69 bits per heavy atom. The maximum Gasteiger partial charge on any atom is 0.227 e. The summed E-state index contributed by atoms with van der Waals surface area (Å²) in [5, 5.41) is 0.997. The van der Waals surface area contributed by atoms with E-state index < -0.39 is 0 Å². The number of halogens is 2. The Morgan fingerprint density at radius 1 is 1.12 bits per heavy atom. The lowest BCUT2D eigenvalue weighted by Gasteiger charge is -2.37. The molecule has 1 amide bonds. The highest BCUT2D eigenvalue weighted by Gasteiger charge is 2.34. The molecule has 0 unspecified atom stereocenters. The van der Waals surface area contributed by atoms with E-state index in [-0.39, 0.29) is 11.9 Å². The monoisotopic (exact) mass is 392 g/mol. The molecule has 0 bridgehead atoms. The minimum Gasteiger partial charge on any atom is -0.469 e. The van der Waals surface area contributed by atoms with Crippen LogP contribution in [-0.4, -0.2) is 41.9 Å². The van der Waals surface area contributed by atoms with Crippen LogP contribution in [0.25, 0.3) is 0 Å². The van der Waals surface area contributed by atoms with Gasteiger partial charge in [0.15, 0.2) is 0 Å². The topological polar surface area (TPSA) is 36.7 Å². The molecule has 26 heavy (non-hydrogen) atoms. The second-order valence-corrected chi connectivity index (χ2v) is 7.90. The number of benzene rings is 1. The lowest BCUT2D eigenvalue weighted by atomic mass is 9.97. The van der Waals surface area contributed by atoms with Crippen molar-refractivity contribution in [3.63, 3.8) is 0 Å². The van der Waals surface area contributed by atoms with Crippen LogP contribution < -0.4 is 0 Å².